The fraction of sp³-hybridized carbons (Fsp3) is 0.379. The first-order chi connectivity index (χ1) is 19.5. The largest absolute Gasteiger partial charge is 0.497 e. The van der Waals surface area contributed by atoms with Crippen LogP contribution in [0.5, 0.6) is 17.4 Å². The number of amides is 2. The molecule has 4 heterocycles. The quantitative estimate of drug-likeness (QED) is 0.345. The van der Waals surface area contributed by atoms with Crippen molar-refractivity contribution in [3.63, 3.8) is 0 Å². The van der Waals surface area contributed by atoms with E-state index in [1.807, 2.05) is 48.2 Å². The zero-order valence-electron chi connectivity index (χ0n) is 22.9. The number of fused-ring (bicyclic) bond motifs is 2. The number of hydrogen-bond acceptors (Lipinski definition) is 8. The molecule has 1 saturated heterocycles. The van der Waals surface area contributed by atoms with Crippen molar-refractivity contribution in [2.75, 3.05) is 44.1 Å². The van der Waals surface area contributed by atoms with E-state index in [9.17, 15) is 4.79 Å². The molecule has 0 atom stereocenters. The van der Waals surface area contributed by atoms with Crippen molar-refractivity contribution in [2.45, 2.75) is 38.8 Å². The van der Waals surface area contributed by atoms with Crippen LogP contribution in [-0.2, 0) is 17.8 Å². The number of carbonyl (C=O) groups is 1. The SMILES string of the molecule is COCc1nc2c(C)cc(Oc3cc(N4CCC(N5CCc6cc(OC)ccc6NC5=O)CC4)ncn3)cc2[nH]1. The van der Waals surface area contributed by atoms with Crippen LogP contribution in [0.1, 0.15) is 29.8 Å². The van der Waals surface area contributed by atoms with Crippen LogP contribution >= 0.6 is 0 Å². The molecule has 11 heteroatoms. The van der Waals surface area contributed by atoms with E-state index in [1.165, 1.54) is 6.33 Å². The van der Waals surface area contributed by atoms with Gasteiger partial charge in [0.05, 0.1) is 18.1 Å². The van der Waals surface area contributed by atoms with Gasteiger partial charge in [-0.3, -0.25) is 0 Å². The number of H-pyrrole nitrogens is 1. The Morgan fingerprint density at radius 3 is 2.67 bits per heavy atom. The highest BCUT2D eigenvalue weighted by atomic mass is 16.5. The van der Waals surface area contributed by atoms with Crippen molar-refractivity contribution in [1.82, 2.24) is 24.8 Å². The van der Waals surface area contributed by atoms with Crippen molar-refractivity contribution >= 4 is 28.6 Å². The molecule has 2 aliphatic heterocycles. The van der Waals surface area contributed by atoms with Gasteiger partial charge in [-0.05, 0) is 61.6 Å². The van der Waals surface area contributed by atoms with Crippen LogP contribution in [0.25, 0.3) is 11.0 Å². The first-order valence-electron chi connectivity index (χ1n) is 13.5. The maximum Gasteiger partial charge on any atom is 0.322 e. The third-order valence-corrected chi connectivity index (χ3v) is 7.60. The second kappa shape index (κ2) is 11.0. The highest BCUT2D eigenvalue weighted by Crippen LogP contribution is 2.31. The van der Waals surface area contributed by atoms with Crippen molar-refractivity contribution in [1.29, 1.82) is 0 Å². The molecule has 6 rings (SSSR count). The Kier molecular flexibility index (Phi) is 7.12. The molecule has 2 aliphatic rings. The summed E-state index contributed by atoms with van der Waals surface area (Å²) in [5.41, 5.74) is 4.74. The molecular weight excluding hydrogens is 510 g/mol. The number of rotatable bonds is 7. The Morgan fingerprint density at radius 2 is 1.88 bits per heavy atom. The van der Waals surface area contributed by atoms with Gasteiger partial charge in [-0.25, -0.2) is 19.7 Å². The van der Waals surface area contributed by atoms with Gasteiger partial charge < -0.3 is 34.3 Å². The lowest BCUT2D eigenvalue weighted by atomic mass is 10.0. The van der Waals surface area contributed by atoms with Gasteiger partial charge in [0, 0.05) is 50.6 Å². The van der Waals surface area contributed by atoms with Gasteiger partial charge in [0.15, 0.2) is 0 Å². The van der Waals surface area contributed by atoms with Crippen LogP contribution in [0.3, 0.4) is 0 Å². The molecule has 1 fully saturated rings. The van der Waals surface area contributed by atoms with E-state index in [-0.39, 0.29) is 12.1 Å². The Balaban J connectivity index is 1.10. The Labute approximate surface area is 232 Å². The first kappa shape index (κ1) is 25.9. The Hall–Kier alpha value is -4.38. The highest BCUT2D eigenvalue weighted by molar-refractivity contribution is 5.91. The lowest BCUT2D eigenvalue weighted by molar-refractivity contribution is 0.177. The second-order valence-corrected chi connectivity index (χ2v) is 10.2. The maximum absolute atomic E-state index is 13.1. The minimum Gasteiger partial charge on any atom is -0.497 e. The van der Waals surface area contributed by atoms with E-state index >= 15 is 0 Å². The number of aromatic amines is 1. The highest BCUT2D eigenvalue weighted by Gasteiger charge is 2.30. The molecule has 40 heavy (non-hydrogen) atoms. The summed E-state index contributed by atoms with van der Waals surface area (Å²) >= 11 is 0. The molecule has 4 aromatic rings. The van der Waals surface area contributed by atoms with E-state index in [2.05, 4.69) is 30.2 Å². The van der Waals surface area contributed by atoms with Crippen molar-refractivity contribution in [3.8, 4) is 17.4 Å². The zero-order valence-corrected chi connectivity index (χ0v) is 22.9. The number of aromatic nitrogens is 4. The number of imidazole rings is 1. The number of carbonyl (C=O) groups excluding carboxylic acids is 1. The molecule has 2 N–H and O–H groups in total. The van der Waals surface area contributed by atoms with Gasteiger partial charge in [0.2, 0.25) is 5.88 Å². The van der Waals surface area contributed by atoms with Crippen LogP contribution in [0.15, 0.2) is 42.7 Å². The van der Waals surface area contributed by atoms with E-state index < -0.39 is 0 Å². The Bertz CT molecular complexity index is 1530. The smallest absolute Gasteiger partial charge is 0.322 e. The lowest BCUT2D eigenvalue weighted by Gasteiger charge is -2.38. The molecule has 0 unspecified atom stereocenters. The van der Waals surface area contributed by atoms with E-state index in [1.54, 1.807) is 14.2 Å². The molecule has 2 aromatic heterocycles. The number of aryl methyl sites for hydroxylation is 1. The van der Waals surface area contributed by atoms with E-state index in [0.29, 0.717) is 24.8 Å². The molecule has 0 spiro atoms. The van der Waals surface area contributed by atoms with Gasteiger partial charge in [-0.1, -0.05) is 0 Å². The minimum absolute atomic E-state index is 0.0426. The van der Waals surface area contributed by atoms with Crippen LogP contribution < -0.4 is 19.7 Å². The minimum atomic E-state index is -0.0426. The topological polar surface area (TPSA) is 118 Å². The van der Waals surface area contributed by atoms with E-state index in [0.717, 1.165) is 77.6 Å². The number of anilines is 2. The lowest BCUT2D eigenvalue weighted by Crippen LogP contribution is -2.49. The summed E-state index contributed by atoms with van der Waals surface area (Å²) in [4.78, 5) is 34.0. The molecular formula is C29H33N7O4. The number of nitrogens with one attached hydrogen (secondary N) is 2. The number of piperidine rings is 1. The average molecular weight is 544 g/mol. The van der Waals surface area contributed by atoms with Gasteiger partial charge in [0.1, 0.15) is 36.1 Å². The summed E-state index contributed by atoms with van der Waals surface area (Å²) in [7, 11) is 3.30. The fourth-order valence-electron chi connectivity index (χ4n) is 5.56. The second-order valence-electron chi connectivity index (χ2n) is 10.2. The third kappa shape index (κ3) is 5.24. The molecule has 2 aromatic carbocycles. The summed E-state index contributed by atoms with van der Waals surface area (Å²) in [6.07, 6.45) is 4.03. The van der Waals surface area contributed by atoms with Crippen molar-refractivity contribution in [2.24, 2.45) is 0 Å². The number of benzene rings is 2. The van der Waals surface area contributed by atoms with Crippen molar-refractivity contribution < 1.29 is 19.0 Å². The molecule has 0 saturated carbocycles. The summed E-state index contributed by atoms with van der Waals surface area (Å²) in [5.74, 6) is 3.53. The number of urea groups is 1. The number of methoxy groups -OCH3 is 2. The number of nitrogens with zero attached hydrogens (tertiary/aromatic N) is 5. The summed E-state index contributed by atoms with van der Waals surface area (Å²) in [6, 6.07) is 11.7. The number of hydrogen-bond donors (Lipinski definition) is 2. The molecule has 2 amide bonds. The van der Waals surface area contributed by atoms with Crippen molar-refractivity contribution in [3.05, 3.63) is 59.7 Å². The van der Waals surface area contributed by atoms with Gasteiger partial charge in [-0.2, -0.15) is 0 Å². The molecule has 0 bridgehead atoms. The van der Waals surface area contributed by atoms with Crippen LogP contribution in [0.2, 0.25) is 0 Å². The molecule has 0 aliphatic carbocycles. The maximum atomic E-state index is 13.1. The van der Waals surface area contributed by atoms with Gasteiger partial charge in [0.25, 0.3) is 0 Å². The zero-order chi connectivity index (χ0) is 27.6. The van der Waals surface area contributed by atoms with Gasteiger partial charge in [-0.15, -0.1) is 0 Å². The van der Waals surface area contributed by atoms with Crippen LogP contribution in [-0.4, -0.2) is 70.8 Å². The summed E-state index contributed by atoms with van der Waals surface area (Å²) in [6.45, 7) is 4.67. The monoisotopic (exact) mass is 543 g/mol. The molecule has 0 radical (unpaired) electrons. The van der Waals surface area contributed by atoms with Crippen LogP contribution in [0.4, 0.5) is 16.3 Å². The normalized spacial score (nSPS) is 16.0. The predicted octanol–water partition coefficient (Wildman–Crippen LogP) is 4.67. The average Bonchev–Trinajstić information content (AvgIpc) is 3.29. The molecule has 11 nitrogen and oxygen atoms in total. The fourth-order valence-corrected chi connectivity index (χ4v) is 5.56. The standard InChI is InChI=1S/C29H33N7O4/c1-18-12-22(14-24-28(18)34-25(32-24)16-38-2)40-27-15-26(30-17-31-27)35-9-7-20(8-10-35)36-11-6-19-13-21(39-3)4-5-23(19)33-29(36)37/h4-5,12-15,17,20H,6-11,16H2,1-3H3,(H,32,34)(H,33,37). The summed E-state index contributed by atoms with van der Waals surface area (Å²) in [5, 5.41) is 3.09. The van der Waals surface area contributed by atoms with Crippen LogP contribution in [0, 0.1) is 6.92 Å². The Morgan fingerprint density at radius 1 is 1.02 bits per heavy atom. The summed E-state index contributed by atoms with van der Waals surface area (Å²) < 4.78 is 16.7. The third-order valence-electron chi connectivity index (χ3n) is 7.60. The molecule has 208 valence electrons. The number of ether oxygens (including phenoxy) is 3. The first-order valence-corrected chi connectivity index (χ1v) is 13.5. The van der Waals surface area contributed by atoms with Gasteiger partial charge >= 0.3 is 6.03 Å². The van der Waals surface area contributed by atoms with E-state index in [4.69, 9.17) is 14.2 Å². The predicted molar refractivity (Wildman–Crippen MR) is 151 cm³/mol.